The largest absolute Gasteiger partial charge is 0.493 e. The summed E-state index contributed by atoms with van der Waals surface area (Å²) in [7, 11) is 0. The van der Waals surface area contributed by atoms with Gasteiger partial charge < -0.3 is 14.4 Å². The van der Waals surface area contributed by atoms with Crippen LogP contribution in [0.5, 0.6) is 5.75 Å². The molecule has 0 radical (unpaired) electrons. The fraction of sp³-hybridized carbons (Fsp3) is 0.435. The number of rotatable bonds is 8. The summed E-state index contributed by atoms with van der Waals surface area (Å²) < 4.78 is 8.17. The lowest BCUT2D eigenvalue weighted by atomic mass is 10.0. The molecule has 4 nitrogen and oxygen atoms in total. The molecule has 2 aromatic carbocycles. The molecule has 0 unspecified atom stereocenters. The van der Waals surface area contributed by atoms with Gasteiger partial charge in [-0.15, -0.1) is 0 Å². The van der Waals surface area contributed by atoms with Gasteiger partial charge in [0.2, 0.25) is 0 Å². The Hall–Kier alpha value is -2.33. The quantitative estimate of drug-likeness (QED) is 0.562. The zero-order chi connectivity index (χ0) is 19.4. The van der Waals surface area contributed by atoms with E-state index in [2.05, 4.69) is 61.5 Å². The van der Waals surface area contributed by atoms with E-state index in [1.165, 1.54) is 16.7 Å². The Labute approximate surface area is 161 Å². The fourth-order valence-corrected chi connectivity index (χ4v) is 3.44. The van der Waals surface area contributed by atoms with E-state index in [-0.39, 0.29) is 6.61 Å². The predicted octanol–water partition coefficient (Wildman–Crippen LogP) is 5.13. The zero-order valence-corrected chi connectivity index (χ0v) is 16.8. The van der Waals surface area contributed by atoms with Crippen LogP contribution in [0.4, 0.5) is 0 Å². The van der Waals surface area contributed by atoms with Crippen LogP contribution in [-0.2, 0) is 13.2 Å². The molecule has 4 heteroatoms. The average molecular weight is 367 g/mol. The standard InChI is InChI=1S/C23H30N2O2/c1-16(2)19-9-5-6-10-22(19)27-12-8-7-11-25-21-14-18(4)17(3)13-20(21)24-23(25)15-26/h5-6,9-10,13-14,16,26H,7-8,11-12,15H2,1-4H3. The van der Waals surface area contributed by atoms with E-state index in [0.717, 1.165) is 42.0 Å². The van der Waals surface area contributed by atoms with Crippen molar-refractivity contribution in [2.24, 2.45) is 0 Å². The molecule has 3 aromatic rings. The Morgan fingerprint density at radius 1 is 1.07 bits per heavy atom. The van der Waals surface area contributed by atoms with Crippen molar-refractivity contribution in [2.75, 3.05) is 6.61 Å². The Balaban J connectivity index is 1.62. The first kappa shape index (κ1) is 19.4. The van der Waals surface area contributed by atoms with Crippen LogP contribution in [0, 0.1) is 13.8 Å². The molecule has 1 aromatic heterocycles. The second-order valence-corrected chi connectivity index (χ2v) is 7.51. The van der Waals surface area contributed by atoms with E-state index in [4.69, 9.17) is 4.74 Å². The summed E-state index contributed by atoms with van der Waals surface area (Å²) >= 11 is 0. The number of aliphatic hydroxyl groups excluding tert-OH is 1. The van der Waals surface area contributed by atoms with Gasteiger partial charge in [-0.05, 0) is 67.5 Å². The van der Waals surface area contributed by atoms with Gasteiger partial charge in [0.15, 0.2) is 0 Å². The van der Waals surface area contributed by atoms with E-state index in [0.29, 0.717) is 12.5 Å². The van der Waals surface area contributed by atoms with E-state index in [1.54, 1.807) is 0 Å². The Morgan fingerprint density at radius 2 is 1.81 bits per heavy atom. The summed E-state index contributed by atoms with van der Waals surface area (Å²) in [6.07, 6.45) is 1.94. The molecule has 0 fully saturated rings. The number of aliphatic hydroxyl groups is 1. The van der Waals surface area contributed by atoms with Crippen molar-refractivity contribution in [3.63, 3.8) is 0 Å². The summed E-state index contributed by atoms with van der Waals surface area (Å²) in [6.45, 7) is 10.1. The number of ether oxygens (including phenoxy) is 1. The van der Waals surface area contributed by atoms with Gasteiger partial charge in [-0.2, -0.15) is 0 Å². The number of hydrogen-bond donors (Lipinski definition) is 1. The van der Waals surface area contributed by atoms with Gasteiger partial charge in [-0.25, -0.2) is 4.98 Å². The highest BCUT2D eigenvalue weighted by Gasteiger charge is 2.11. The van der Waals surface area contributed by atoms with Crippen molar-refractivity contribution in [3.8, 4) is 5.75 Å². The summed E-state index contributed by atoms with van der Waals surface area (Å²) in [5.74, 6) is 2.18. The maximum absolute atomic E-state index is 9.68. The number of unbranched alkanes of at least 4 members (excludes halogenated alkanes) is 1. The van der Waals surface area contributed by atoms with Crippen LogP contribution in [0.2, 0.25) is 0 Å². The maximum Gasteiger partial charge on any atom is 0.135 e. The first-order valence-corrected chi connectivity index (χ1v) is 9.80. The monoisotopic (exact) mass is 366 g/mol. The van der Waals surface area contributed by atoms with Crippen LogP contribution in [-0.4, -0.2) is 21.3 Å². The molecule has 1 N–H and O–H groups in total. The topological polar surface area (TPSA) is 47.3 Å². The van der Waals surface area contributed by atoms with E-state index < -0.39 is 0 Å². The lowest BCUT2D eigenvalue weighted by Gasteiger charge is -2.14. The number of benzene rings is 2. The molecule has 3 rings (SSSR count). The zero-order valence-electron chi connectivity index (χ0n) is 16.8. The minimum atomic E-state index is -0.0367. The Kier molecular flexibility index (Phi) is 6.17. The fourth-order valence-electron chi connectivity index (χ4n) is 3.44. The maximum atomic E-state index is 9.68. The SMILES string of the molecule is Cc1cc2nc(CO)n(CCCCOc3ccccc3C(C)C)c2cc1C. The summed E-state index contributed by atoms with van der Waals surface area (Å²) in [4.78, 5) is 4.59. The third-order valence-electron chi connectivity index (χ3n) is 5.16. The van der Waals surface area contributed by atoms with Crippen molar-refractivity contribution >= 4 is 11.0 Å². The minimum Gasteiger partial charge on any atom is -0.493 e. The average Bonchev–Trinajstić information content (AvgIpc) is 2.98. The number of nitrogens with zero attached hydrogens (tertiary/aromatic N) is 2. The number of para-hydroxylation sites is 1. The van der Waals surface area contributed by atoms with Crippen LogP contribution in [0.3, 0.4) is 0 Å². The van der Waals surface area contributed by atoms with Crippen molar-refractivity contribution in [1.82, 2.24) is 9.55 Å². The normalized spacial score (nSPS) is 11.5. The summed E-state index contributed by atoms with van der Waals surface area (Å²) in [5, 5.41) is 9.68. The Bertz CT molecular complexity index is 912. The summed E-state index contributed by atoms with van der Waals surface area (Å²) in [6, 6.07) is 12.5. The van der Waals surface area contributed by atoms with E-state index in [1.807, 2.05) is 12.1 Å². The highest BCUT2D eigenvalue weighted by atomic mass is 16.5. The van der Waals surface area contributed by atoms with Gasteiger partial charge in [0.05, 0.1) is 17.6 Å². The number of aromatic nitrogens is 2. The highest BCUT2D eigenvalue weighted by molar-refractivity contribution is 5.78. The van der Waals surface area contributed by atoms with Crippen molar-refractivity contribution in [2.45, 2.75) is 59.6 Å². The summed E-state index contributed by atoms with van der Waals surface area (Å²) in [5.41, 5.74) is 5.81. The third-order valence-corrected chi connectivity index (χ3v) is 5.16. The van der Waals surface area contributed by atoms with Gasteiger partial charge in [-0.3, -0.25) is 0 Å². The van der Waals surface area contributed by atoms with Gasteiger partial charge in [-0.1, -0.05) is 32.0 Å². The van der Waals surface area contributed by atoms with Gasteiger partial charge in [0.25, 0.3) is 0 Å². The number of hydrogen-bond acceptors (Lipinski definition) is 3. The predicted molar refractivity (Wildman–Crippen MR) is 110 cm³/mol. The van der Waals surface area contributed by atoms with Crippen LogP contribution in [0.15, 0.2) is 36.4 Å². The minimum absolute atomic E-state index is 0.0367. The number of fused-ring (bicyclic) bond motifs is 1. The molecular formula is C23H30N2O2. The Morgan fingerprint density at radius 3 is 2.56 bits per heavy atom. The first-order valence-electron chi connectivity index (χ1n) is 9.80. The van der Waals surface area contributed by atoms with Gasteiger partial charge >= 0.3 is 0 Å². The van der Waals surface area contributed by atoms with Crippen LogP contribution < -0.4 is 4.74 Å². The van der Waals surface area contributed by atoms with Gasteiger partial charge in [0.1, 0.15) is 18.2 Å². The van der Waals surface area contributed by atoms with E-state index in [9.17, 15) is 5.11 Å². The molecule has 1 heterocycles. The molecule has 144 valence electrons. The smallest absolute Gasteiger partial charge is 0.135 e. The van der Waals surface area contributed by atoms with Crippen molar-refractivity contribution < 1.29 is 9.84 Å². The number of aryl methyl sites for hydroxylation is 3. The van der Waals surface area contributed by atoms with Crippen molar-refractivity contribution in [1.29, 1.82) is 0 Å². The van der Waals surface area contributed by atoms with E-state index >= 15 is 0 Å². The molecule has 27 heavy (non-hydrogen) atoms. The molecule has 0 bridgehead atoms. The molecule has 0 aliphatic heterocycles. The molecule has 0 amide bonds. The molecule has 0 aliphatic carbocycles. The van der Waals surface area contributed by atoms with Crippen LogP contribution in [0.1, 0.15) is 55.1 Å². The second-order valence-electron chi connectivity index (χ2n) is 7.51. The van der Waals surface area contributed by atoms with Crippen LogP contribution in [0.25, 0.3) is 11.0 Å². The molecule has 0 aliphatic rings. The highest BCUT2D eigenvalue weighted by Crippen LogP contribution is 2.26. The second kappa shape index (κ2) is 8.57. The molecular weight excluding hydrogens is 336 g/mol. The molecule has 0 saturated heterocycles. The molecule has 0 saturated carbocycles. The molecule has 0 spiro atoms. The van der Waals surface area contributed by atoms with Crippen LogP contribution >= 0.6 is 0 Å². The van der Waals surface area contributed by atoms with Gasteiger partial charge in [0, 0.05) is 6.54 Å². The number of imidazole rings is 1. The lowest BCUT2D eigenvalue weighted by molar-refractivity contribution is 0.263. The van der Waals surface area contributed by atoms with Crippen molar-refractivity contribution in [3.05, 3.63) is 58.9 Å². The third kappa shape index (κ3) is 4.33. The first-order chi connectivity index (χ1) is 13.0. The molecule has 0 atom stereocenters. The lowest BCUT2D eigenvalue weighted by Crippen LogP contribution is -2.07.